The van der Waals surface area contributed by atoms with E-state index in [1.807, 2.05) is 17.0 Å². The Morgan fingerprint density at radius 1 is 1.22 bits per heavy atom. The lowest BCUT2D eigenvalue weighted by Gasteiger charge is -2.44. The monoisotopic (exact) mass is 386 g/mol. The second-order valence-corrected chi connectivity index (χ2v) is 8.94. The highest BCUT2D eigenvalue weighted by Gasteiger charge is 2.37. The third-order valence-corrected chi connectivity index (χ3v) is 5.59. The first-order valence-corrected chi connectivity index (χ1v) is 10.1. The second kappa shape index (κ2) is 6.10. The highest BCUT2D eigenvalue weighted by atomic mass is 32.2. The summed E-state index contributed by atoms with van der Waals surface area (Å²) in [5.74, 6) is 1.03. The molecular weight excluding hydrogens is 368 g/mol. The fraction of sp³-hybridized carbons (Fsp3) is 0.294. The van der Waals surface area contributed by atoms with E-state index in [2.05, 4.69) is 25.6 Å². The number of β-amino-alcohol motifs (C(OH)–C–C–N with tert-alkyl or cyclic N) is 1. The van der Waals surface area contributed by atoms with Crippen LogP contribution in [0.5, 0.6) is 0 Å². The number of nitrogens with one attached hydrogen (secondary N) is 1. The van der Waals surface area contributed by atoms with Crippen molar-refractivity contribution in [3.8, 4) is 22.5 Å². The Morgan fingerprint density at radius 3 is 2.56 bits per heavy atom. The van der Waals surface area contributed by atoms with Crippen LogP contribution in [0, 0.1) is 0 Å². The summed E-state index contributed by atoms with van der Waals surface area (Å²) in [6, 6.07) is 8.72. The molecule has 1 aliphatic heterocycles. The minimum Gasteiger partial charge on any atom is -0.386 e. The SMILES string of the molecule is CC1(O)CN(c2ccc(-c3cccc(S(C)(=O)=O)c3-c3nnn[nH]3)cn2)C1. The molecule has 2 N–H and O–H groups in total. The number of anilines is 1. The molecule has 27 heavy (non-hydrogen) atoms. The van der Waals surface area contributed by atoms with Gasteiger partial charge < -0.3 is 10.0 Å². The first kappa shape index (κ1) is 17.6. The highest BCUT2D eigenvalue weighted by molar-refractivity contribution is 7.90. The molecule has 0 amide bonds. The van der Waals surface area contributed by atoms with Gasteiger partial charge in [-0.1, -0.05) is 12.1 Å². The summed E-state index contributed by atoms with van der Waals surface area (Å²) in [5.41, 5.74) is 1.12. The molecule has 4 rings (SSSR count). The molecule has 0 unspecified atom stereocenters. The largest absolute Gasteiger partial charge is 0.386 e. The van der Waals surface area contributed by atoms with Gasteiger partial charge in [-0.15, -0.1) is 5.10 Å². The average Bonchev–Trinajstić information content (AvgIpc) is 3.13. The van der Waals surface area contributed by atoms with Crippen LogP contribution in [-0.4, -0.2) is 64.1 Å². The summed E-state index contributed by atoms with van der Waals surface area (Å²) in [6.07, 6.45) is 2.83. The van der Waals surface area contributed by atoms with Gasteiger partial charge in [0.2, 0.25) is 0 Å². The van der Waals surface area contributed by atoms with Crippen molar-refractivity contribution >= 4 is 15.7 Å². The first-order chi connectivity index (χ1) is 12.7. The number of aliphatic hydroxyl groups is 1. The summed E-state index contributed by atoms with van der Waals surface area (Å²) in [5, 5.41) is 23.5. The van der Waals surface area contributed by atoms with Crippen molar-refractivity contribution in [2.75, 3.05) is 24.2 Å². The van der Waals surface area contributed by atoms with Gasteiger partial charge in [0.05, 0.1) is 10.5 Å². The van der Waals surface area contributed by atoms with Crippen LogP contribution in [0.4, 0.5) is 5.82 Å². The van der Waals surface area contributed by atoms with Gasteiger partial charge in [-0.05, 0) is 41.1 Å². The molecule has 3 heterocycles. The van der Waals surface area contributed by atoms with Gasteiger partial charge in [-0.3, -0.25) is 0 Å². The minimum atomic E-state index is -3.49. The normalized spacial score (nSPS) is 16.2. The summed E-state index contributed by atoms with van der Waals surface area (Å²) in [7, 11) is -3.49. The van der Waals surface area contributed by atoms with Crippen molar-refractivity contribution in [3.63, 3.8) is 0 Å². The molecule has 0 radical (unpaired) electrons. The standard InChI is InChI=1S/C17H18N6O3S/c1-17(24)9-23(10-17)14-7-6-11(8-18-14)12-4-3-5-13(27(2,25)26)15(12)16-19-21-22-20-16/h3-8,24H,9-10H2,1-2H3,(H,19,20,21,22). The Bertz CT molecular complexity index is 1070. The van der Waals surface area contributed by atoms with E-state index in [9.17, 15) is 13.5 Å². The predicted molar refractivity (Wildman–Crippen MR) is 98.8 cm³/mol. The Hall–Kier alpha value is -2.85. The van der Waals surface area contributed by atoms with Crippen LogP contribution in [-0.2, 0) is 9.84 Å². The van der Waals surface area contributed by atoms with Crippen LogP contribution in [0.1, 0.15) is 6.92 Å². The number of aromatic nitrogens is 5. The van der Waals surface area contributed by atoms with Crippen molar-refractivity contribution in [2.24, 2.45) is 0 Å². The fourth-order valence-electron chi connectivity index (χ4n) is 3.26. The zero-order valence-electron chi connectivity index (χ0n) is 14.8. The number of hydrogen-bond acceptors (Lipinski definition) is 8. The van der Waals surface area contributed by atoms with Crippen molar-refractivity contribution < 1.29 is 13.5 Å². The summed E-state index contributed by atoms with van der Waals surface area (Å²) in [4.78, 5) is 6.57. The Kier molecular flexibility index (Phi) is 3.97. The van der Waals surface area contributed by atoms with Gasteiger partial charge in [-0.2, -0.15) is 0 Å². The van der Waals surface area contributed by atoms with E-state index in [4.69, 9.17) is 0 Å². The zero-order valence-corrected chi connectivity index (χ0v) is 15.6. The lowest BCUT2D eigenvalue weighted by Crippen LogP contribution is -2.60. The molecule has 1 aliphatic rings. The van der Waals surface area contributed by atoms with Gasteiger partial charge in [0.25, 0.3) is 0 Å². The van der Waals surface area contributed by atoms with Crippen LogP contribution in [0.2, 0.25) is 0 Å². The number of sulfone groups is 1. The molecule has 3 aromatic rings. The van der Waals surface area contributed by atoms with E-state index in [0.29, 0.717) is 24.2 Å². The Morgan fingerprint density at radius 2 is 2.00 bits per heavy atom. The van der Waals surface area contributed by atoms with Gasteiger partial charge >= 0.3 is 0 Å². The lowest BCUT2D eigenvalue weighted by molar-refractivity contribution is 0.0305. The maximum Gasteiger partial charge on any atom is 0.181 e. The maximum atomic E-state index is 12.3. The molecule has 0 bridgehead atoms. The summed E-state index contributed by atoms with van der Waals surface area (Å²) < 4.78 is 24.5. The number of nitrogens with zero attached hydrogens (tertiary/aromatic N) is 5. The molecule has 1 fully saturated rings. The molecule has 1 aromatic carbocycles. The van der Waals surface area contributed by atoms with Crippen molar-refractivity contribution in [2.45, 2.75) is 17.4 Å². The Labute approximate surface area is 156 Å². The van der Waals surface area contributed by atoms with Crippen molar-refractivity contribution in [1.82, 2.24) is 25.6 Å². The van der Waals surface area contributed by atoms with E-state index in [-0.39, 0.29) is 10.7 Å². The number of benzene rings is 1. The molecular formula is C17H18N6O3S. The molecule has 10 heteroatoms. The topological polar surface area (TPSA) is 125 Å². The average molecular weight is 386 g/mol. The van der Waals surface area contributed by atoms with E-state index in [0.717, 1.165) is 17.6 Å². The number of tetrazole rings is 1. The van der Waals surface area contributed by atoms with Crippen LogP contribution < -0.4 is 4.90 Å². The van der Waals surface area contributed by atoms with Crippen LogP contribution in [0.15, 0.2) is 41.4 Å². The van der Waals surface area contributed by atoms with Gasteiger partial charge in [-0.25, -0.2) is 18.5 Å². The molecule has 0 atom stereocenters. The van der Waals surface area contributed by atoms with E-state index < -0.39 is 15.4 Å². The molecule has 0 saturated carbocycles. The third kappa shape index (κ3) is 3.28. The van der Waals surface area contributed by atoms with Crippen LogP contribution >= 0.6 is 0 Å². The van der Waals surface area contributed by atoms with Gasteiger partial charge in [0.1, 0.15) is 5.82 Å². The third-order valence-electron chi connectivity index (χ3n) is 4.45. The van der Waals surface area contributed by atoms with Crippen molar-refractivity contribution in [1.29, 1.82) is 0 Å². The van der Waals surface area contributed by atoms with Gasteiger partial charge in [0, 0.05) is 36.7 Å². The summed E-state index contributed by atoms with van der Waals surface area (Å²) in [6.45, 7) is 2.84. The summed E-state index contributed by atoms with van der Waals surface area (Å²) >= 11 is 0. The van der Waals surface area contributed by atoms with Gasteiger partial charge in [0.15, 0.2) is 15.7 Å². The fourth-order valence-corrected chi connectivity index (χ4v) is 4.16. The lowest BCUT2D eigenvalue weighted by atomic mass is 9.96. The maximum absolute atomic E-state index is 12.3. The minimum absolute atomic E-state index is 0.140. The smallest absolute Gasteiger partial charge is 0.181 e. The molecule has 0 aliphatic carbocycles. The quantitative estimate of drug-likeness (QED) is 0.678. The highest BCUT2D eigenvalue weighted by Crippen LogP contribution is 2.35. The molecule has 140 valence electrons. The molecule has 1 saturated heterocycles. The number of aromatic amines is 1. The van der Waals surface area contributed by atoms with Crippen molar-refractivity contribution in [3.05, 3.63) is 36.5 Å². The van der Waals surface area contributed by atoms with E-state index in [1.54, 1.807) is 25.3 Å². The number of hydrogen-bond donors (Lipinski definition) is 2. The van der Waals surface area contributed by atoms with Crippen LogP contribution in [0.3, 0.4) is 0 Å². The number of H-pyrrole nitrogens is 1. The number of rotatable bonds is 4. The predicted octanol–water partition coefficient (Wildman–Crippen LogP) is 0.903. The molecule has 2 aromatic heterocycles. The first-order valence-electron chi connectivity index (χ1n) is 8.25. The van der Waals surface area contributed by atoms with E-state index in [1.165, 1.54) is 6.07 Å². The zero-order chi connectivity index (χ0) is 19.2. The Balaban J connectivity index is 1.78. The second-order valence-electron chi connectivity index (χ2n) is 6.96. The molecule has 0 spiro atoms. The van der Waals surface area contributed by atoms with Crippen LogP contribution in [0.25, 0.3) is 22.5 Å². The number of pyridine rings is 1. The molecule has 9 nitrogen and oxygen atoms in total. The van der Waals surface area contributed by atoms with E-state index >= 15 is 0 Å².